The van der Waals surface area contributed by atoms with E-state index in [9.17, 15) is 4.79 Å². The van der Waals surface area contributed by atoms with E-state index in [4.69, 9.17) is 4.52 Å². The highest BCUT2D eigenvalue weighted by Crippen LogP contribution is 2.06. The van der Waals surface area contributed by atoms with Gasteiger partial charge < -0.3 is 15.2 Å². The van der Waals surface area contributed by atoms with Crippen LogP contribution in [0, 0.1) is 0 Å². The highest BCUT2D eigenvalue weighted by atomic mass is 16.5. The Morgan fingerprint density at radius 3 is 3.19 bits per heavy atom. The van der Waals surface area contributed by atoms with Crippen LogP contribution in [0.1, 0.15) is 31.2 Å². The van der Waals surface area contributed by atoms with E-state index in [1.54, 1.807) is 0 Å². The molecule has 1 aromatic rings. The molecular weight excluding hydrogens is 206 g/mol. The largest absolute Gasteiger partial charge is 0.359 e. The fourth-order valence-electron chi connectivity index (χ4n) is 1.62. The number of aryl methyl sites for hydroxylation is 1. The van der Waals surface area contributed by atoms with Gasteiger partial charge in [0.05, 0.1) is 18.3 Å². The van der Waals surface area contributed by atoms with Crippen LogP contribution in [0.3, 0.4) is 0 Å². The van der Waals surface area contributed by atoms with Crippen LogP contribution >= 0.6 is 0 Å². The zero-order chi connectivity index (χ0) is 11.4. The first-order chi connectivity index (χ1) is 7.79. The molecule has 2 heterocycles. The van der Waals surface area contributed by atoms with Gasteiger partial charge in [-0.15, -0.1) is 0 Å². The normalized spacial score (nSPS) is 19.2. The molecule has 5 nitrogen and oxygen atoms in total. The van der Waals surface area contributed by atoms with Crippen molar-refractivity contribution >= 4 is 5.91 Å². The summed E-state index contributed by atoms with van der Waals surface area (Å²) in [6, 6.07) is 1.89. The summed E-state index contributed by atoms with van der Waals surface area (Å²) in [6.07, 6.45) is 2.88. The number of carbonyl (C=O) groups is 1. The lowest BCUT2D eigenvalue weighted by Crippen LogP contribution is -2.52. The summed E-state index contributed by atoms with van der Waals surface area (Å²) in [5.74, 6) is 0.760. The van der Waals surface area contributed by atoms with E-state index in [0.717, 1.165) is 37.3 Å². The molecule has 16 heavy (non-hydrogen) atoms. The van der Waals surface area contributed by atoms with Crippen LogP contribution in [0.5, 0.6) is 0 Å². The van der Waals surface area contributed by atoms with Crippen molar-refractivity contribution in [1.29, 1.82) is 0 Å². The number of hydrogen-bond donors (Lipinski definition) is 2. The van der Waals surface area contributed by atoms with E-state index in [0.29, 0.717) is 6.54 Å². The summed E-state index contributed by atoms with van der Waals surface area (Å²) in [6.45, 7) is 3.45. The van der Waals surface area contributed by atoms with Crippen molar-refractivity contribution in [3.8, 4) is 0 Å². The van der Waals surface area contributed by atoms with Gasteiger partial charge >= 0.3 is 0 Å². The van der Waals surface area contributed by atoms with Gasteiger partial charge in [0.15, 0.2) is 5.76 Å². The Bertz CT molecular complexity index is 358. The van der Waals surface area contributed by atoms with Crippen LogP contribution in [-0.4, -0.2) is 23.7 Å². The topological polar surface area (TPSA) is 67.2 Å². The molecule has 1 amide bonds. The van der Waals surface area contributed by atoms with Gasteiger partial charge in [0.25, 0.3) is 0 Å². The zero-order valence-electron chi connectivity index (χ0n) is 9.45. The maximum atomic E-state index is 11.5. The van der Waals surface area contributed by atoms with Crippen molar-refractivity contribution in [3.63, 3.8) is 0 Å². The summed E-state index contributed by atoms with van der Waals surface area (Å²) >= 11 is 0. The lowest BCUT2D eigenvalue weighted by Gasteiger charge is -2.25. The van der Waals surface area contributed by atoms with Crippen molar-refractivity contribution in [2.45, 2.75) is 38.8 Å². The van der Waals surface area contributed by atoms with Crippen LogP contribution < -0.4 is 10.6 Å². The minimum Gasteiger partial charge on any atom is -0.359 e. The van der Waals surface area contributed by atoms with Gasteiger partial charge in [-0.25, -0.2) is 0 Å². The van der Waals surface area contributed by atoms with Gasteiger partial charge in [-0.1, -0.05) is 18.5 Å². The van der Waals surface area contributed by atoms with Gasteiger partial charge in [-0.2, -0.15) is 0 Å². The third-order valence-corrected chi connectivity index (χ3v) is 2.69. The SMILES string of the molecule is CCCc1cc(CNC(=O)[C@H]2CCN2)on1. The van der Waals surface area contributed by atoms with Crippen LogP contribution in [0.4, 0.5) is 0 Å². The fraction of sp³-hybridized carbons (Fsp3) is 0.636. The third kappa shape index (κ3) is 2.61. The number of aromatic nitrogens is 1. The van der Waals surface area contributed by atoms with Crippen molar-refractivity contribution in [2.75, 3.05) is 6.54 Å². The second-order valence-corrected chi connectivity index (χ2v) is 4.05. The summed E-state index contributed by atoms with van der Waals surface area (Å²) in [4.78, 5) is 11.5. The minimum absolute atomic E-state index is 0.0157. The average molecular weight is 223 g/mol. The number of carbonyl (C=O) groups excluding carboxylic acids is 1. The number of amides is 1. The van der Waals surface area contributed by atoms with Crippen LogP contribution in [0.2, 0.25) is 0 Å². The Balaban J connectivity index is 1.77. The smallest absolute Gasteiger partial charge is 0.237 e. The molecular formula is C11H17N3O2. The van der Waals surface area contributed by atoms with Crippen molar-refractivity contribution in [2.24, 2.45) is 0 Å². The number of nitrogens with one attached hydrogen (secondary N) is 2. The second-order valence-electron chi connectivity index (χ2n) is 4.05. The van der Waals surface area contributed by atoms with Crippen molar-refractivity contribution in [3.05, 3.63) is 17.5 Å². The van der Waals surface area contributed by atoms with Crippen molar-refractivity contribution in [1.82, 2.24) is 15.8 Å². The van der Waals surface area contributed by atoms with Crippen LogP contribution in [-0.2, 0) is 17.8 Å². The molecule has 0 bridgehead atoms. The first kappa shape index (κ1) is 11.1. The van der Waals surface area contributed by atoms with Crippen molar-refractivity contribution < 1.29 is 9.32 Å². The van der Waals surface area contributed by atoms with Gasteiger partial charge in [0.1, 0.15) is 0 Å². The Kier molecular flexibility index (Phi) is 3.56. The molecule has 88 valence electrons. The number of nitrogens with zero attached hydrogens (tertiary/aromatic N) is 1. The predicted molar refractivity (Wildman–Crippen MR) is 58.8 cm³/mol. The summed E-state index contributed by atoms with van der Waals surface area (Å²) < 4.78 is 5.11. The molecule has 1 fully saturated rings. The maximum Gasteiger partial charge on any atom is 0.237 e. The van der Waals surface area contributed by atoms with E-state index in [1.807, 2.05) is 6.07 Å². The quantitative estimate of drug-likeness (QED) is 0.767. The van der Waals surface area contributed by atoms with Gasteiger partial charge in [-0.3, -0.25) is 4.79 Å². The monoisotopic (exact) mass is 223 g/mol. The minimum atomic E-state index is -0.0157. The Morgan fingerprint density at radius 2 is 2.56 bits per heavy atom. The van der Waals surface area contributed by atoms with E-state index < -0.39 is 0 Å². The number of rotatable bonds is 5. The predicted octanol–water partition coefficient (Wildman–Crippen LogP) is 0.605. The standard InChI is InChI=1S/C11H17N3O2/c1-2-3-8-6-9(16-14-8)7-13-11(15)10-4-5-12-10/h6,10,12H,2-5,7H2,1H3,(H,13,15)/t10-/m1/s1. The molecule has 2 N–H and O–H groups in total. The molecule has 1 saturated heterocycles. The highest BCUT2D eigenvalue weighted by molar-refractivity contribution is 5.82. The van der Waals surface area contributed by atoms with E-state index in [2.05, 4.69) is 22.7 Å². The lowest BCUT2D eigenvalue weighted by molar-refractivity contribution is -0.124. The third-order valence-electron chi connectivity index (χ3n) is 2.69. The van der Waals surface area contributed by atoms with E-state index in [-0.39, 0.29) is 11.9 Å². The fourth-order valence-corrected chi connectivity index (χ4v) is 1.62. The molecule has 1 aromatic heterocycles. The Labute approximate surface area is 94.6 Å². The number of hydrogen-bond acceptors (Lipinski definition) is 4. The summed E-state index contributed by atoms with van der Waals surface area (Å²) in [7, 11) is 0. The first-order valence-electron chi connectivity index (χ1n) is 5.75. The Morgan fingerprint density at radius 1 is 1.75 bits per heavy atom. The molecule has 0 aliphatic carbocycles. The lowest BCUT2D eigenvalue weighted by atomic mass is 10.1. The highest BCUT2D eigenvalue weighted by Gasteiger charge is 2.24. The van der Waals surface area contributed by atoms with Gasteiger partial charge in [-0.05, 0) is 19.4 Å². The second kappa shape index (κ2) is 5.12. The summed E-state index contributed by atoms with van der Waals surface area (Å²) in [5.41, 5.74) is 0.952. The van der Waals surface area contributed by atoms with Crippen LogP contribution in [0.15, 0.2) is 10.6 Å². The molecule has 0 saturated carbocycles. The van der Waals surface area contributed by atoms with Gasteiger partial charge in [0.2, 0.25) is 5.91 Å². The zero-order valence-corrected chi connectivity index (χ0v) is 9.45. The van der Waals surface area contributed by atoms with Crippen LogP contribution in [0.25, 0.3) is 0 Å². The average Bonchev–Trinajstić information content (AvgIpc) is 2.61. The van der Waals surface area contributed by atoms with E-state index >= 15 is 0 Å². The molecule has 1 aliphatic heterocycles. The first-order valence-corrected chi connectivity index (χ1v) is 5.75. The summed E-state index contributed by atoms with van der Waals surface area (Å²) in [5, 5.41) is 9.79. The molecule has 0 radical (unpaired) electrons. The molecule has 0 spiro atoms. The molecule has 0 aromatic carbocycles. The molecule has 1 atom stereocenters. The Hall–Kier alpha value is -1.36. The van der Waals surface area contributed by atoms with Gasteiger partial charge in [0, 0.05) is 6.07 Å². The maximum absolute atomic E-state index is 11.5. The molecule has 5 heteroatoms. The molecule has 2 rings (SSSR count). The van der Waals surface area contributed by atoms with E-state index in [1.165, 1.54) is 0 Å². The molecule has 0 unspecified atom stereocenters. The molecule has 1 aliphatic rings.